The molecule has 0 saturated carbocycles. The number of carbonyl (C=O) groups excluding carboxylic acids is 1. The zero-order chi connectivity index (χ0) is 18.1. The molecule has 4 rings (SSSR count). The molecule has 0 bridgehead atoms. The first-order valence-electron chi connectivity index (χ1n) is 8.57. The van der Waals surface area contributed by atoms with Gasteiger partial charge in [0.15, 0.2) is 0 Å². The lowest BCUT2D eigenvalue weighted by molar-refractivity contribution is 0.0936. The lowest BCUT2D eigenvalue weighted by Gasteiger charge is -2.13. The van der Waals surface area contributed by atoms with E-state index in [1.807, 2.05) is 31.2 Å². The lowest BCUT2D eigenvalue weighted by Crippen LogP contribution is -2.34. The van der Waals surface area contributed by atoms with Crippen molar-refractivity contribution in [2.24, 2.45) is 0 Å². The fourth-order valence-corrected chi connectivity index (χ4v) is 4.20. The first-order valence-corrected chi connectivity index (χ1v) is 9.45. The molecule has 2 aromatic carbocycles. The summed E-state index contributed by atoms with van der Waals surface area (Å²) in [5.41, 5.74) is 2.74. The zero-order valence-electron chi connectivity index (χ0n) is 14.7. The Bertz CT molecular complexity index is 1080. The van der Waals surface area contributed by atoms with Crippen LogP contribution in [0.5, 0.6) is 5.75 Å². The van der Waals surface area contributed by atoms with E-state index in [1.165, 1.54) is 15.6 Å². The number of fused-ring (bicyclic) bond motifs is 2. The largest absolute Gasteiger partial charge is 0.497 e. The first-order chi connectivity index (χ1) is 12.6. The van der Waals surface area contributed by atoms with Gasteiger partial charge in [0.05, 0.1) is 7.11 Å². The molecule has 0 radical (unpaired) electrons. The van der Waals surface area contributed by atoms with Gasteiger partial charge in [-0.2, -0.15) is 0 Å². The third-order valence-electron chi connectivity index (χ3n) is 4.54. The number of nitrogens with one attached hydrogen (secondary N) is 2. The monoisotopic (exact) mass is 364 g/mol. The molecule has 1 atom stereocenters. The molecule has 0 saturated heterocycles. The highest BCUT2D eigenvalue weighted by atomic mass is 32.1. The maximum Gasteiger partial charge on any atom is 0.267 e. The average Bonchev–Trinajstić information content (AvgIpc) is 3.25. The Hall–Kier alpha value is -2.79. The van der Waals surface area contributed by atoms with Crippen LogP contribution < -0.4 is 10.1 Å². The van der Waals surface area contributed by atoms with E-state index in [2.05, 4.69) is 39.9 Å². The van der Waals surface area contributed by atoms with Crippen LogP contribution in [-0.2, 0) is 6.42 Å². The van der Waals surface area contributed by atoms with Crippen molar-refractivity contribution < 1.29 is 9.53 Å². The molecule has 0 aliphatic rings. The Morgan fingerprint density at radius 1 is 1.23 bits per heavy atom. The molecular weight excluding hydrogens is 344 g/mol. The van der Waals surface area contributed by atoms with Crippen LogP contribution in [0.1, 0.15) is 23.0 Å². The highest BCUT2D eigenvalue weighted by Gasteiger charge is 2.14. The second kappa shape index (κ2) is 6.84. The van der Waals surface area contributed by atoms with Crippen LogP contribution in [0.3, 0.4) is 0 Å². The van der Waals surface area contributed by atoms with Crippen LogP contribution in [-0.4, -0.2) is 24.0 Å². The summed E-state index contributed by atoms with van der Waals surface area (Å²) in [5.74, 6) is 0.677. The number of benzene rings is 2. The highest BCUT2D eigenvalue weighted by molar-refractivity contribution is 7.17. The van der Waals surface area contributed by atoms with E-state index < -0.39 is 0 Å². The predicted molar refractivity (Wildman–Crippen MR) is 107 cm³/mol. The summed E-state index contributed by atoms with van der Waals surface area (Å²) >= 11 is 1.75. The number of H-pyrrole nitrogens is 1. The molecule has 5 heteroatoms. The van der Waals surface area contributed by atoms with Crippen molar-refractivity contribution in [1.82, 2.24) is 10.3 Å². The second-order valence-electron chi connectivity index (χ2n) is 6.47. The summed E-state index contributed by atoms with van der Waals surface area (Å²) < 4.78 is 6.51. The Morgan fingerprint density at radius 2 is 2.08 bits per heavy atom. The quantitative estimate of drug-likeness (QED) is 0.537. The molecular formula is C21H20N2O2S. The number of thiophene rings is 1. The maximum absolute atomic E-state index is 12.6. The van der Waals surface area contributed by atoms with Crippen molar-refractivity contribution in [1.29, 1.82) is 0 Å². The van der Waals surface area contributed by atoms with Gasteiger partial charge in [-0.3, -0.25) is 4.79 Å². The molecule has 0 fully saturated rings. The minimum Gasteiger partial charge on any atom is -0.497 e. The van der Waals surface area contributed by atoms with E-state index in [-0.39, 0.29) is 11.9 Å². The van der Waals surface area contributed by atoms with Gasteiger partial charge in [-0.05, 0) is 53.9 Å². The summed E-state index contributed by atoms with van der Waals surface area (Å²) in [6.07, 6.45) is 0.809. The Morgan fingerprint density at radius 3 is 2.92 bits per heavy atom. The summed E-state index contributed by atoms with van der Waals surface area (Å²) in [6.45, 7) is 2.04. The SMILES string of the molecule is COc1ccc2cc(C(=O)NC(C)Cc3csc4ccccc34)[nH]c2c1. The lowest BCUT2D eigenvalue weighted by atomic mass is 10.1. The van der Waals surface area contributed by atoms with Crippen molar-refractivity contribution in [3.8, 4) is 5.75 Å². The van der Waals surface area contributed by atoms with Crippen LogP contribution >= 0.6 is 11.3 Å². The van der Waals surface area contributed by atoms with Gasteiger partial charge >= 0.3 is 0 Å². The van der Waals surface area contributed by atoms with Crippen LogP contribution in [0.2, 0.25) is 0 Å². The second-order valence-corrected chi connectivity index (χ2v) is 7.38. The summed E-state index contributed by atoms with van der Waals surface area (Å²) in [5, 5.41) is 7.54. The summed E-state index contributed by atoms with van der Waals surface area (Å²) in [7, 11) is 1.63. The van der Waals surface area contributed by atoms with Crippen LogP contribution in [0.4, 0.5) is 0 Å². The van der Waals surface area contributed by atoms with Gasteiger partial charge in [0.25, 0.3) is 5.91 Å². The molecule has 132 valence electrons. The fraction of sp³-hybridized carbons (Fsp3) is 0.190. The topological polar surface area (TPSA) is 54.1 Å². The molecule has 1 amide bonds. The highest BCUT2D eigenvalue weighted by Crippen LogP contribution is 2.26. The molecule has 2 heterocycles. The van der Waals surface area contributed by atoms with Crippen molar-refractivity contribution in [2.45, 2.75) is 19.4 Å². The number of carbonyl (C=O) groups is 1. The van der Waals surface area contributed by atoms with Crippen molar-refractivity contribution >= 4 is 38.2 Å². The van der Waals surface area contributed by atoms with E-state index in [0.717, 1.165) is 23.1 Å². The minimum atomic E-state index is -0.0906. The third kappa shape index (κ3) is 3.18. The Balaban J connectivity index is 1.48. The molecule has 26 heavy (non-hydrogen) atoms. The van der Waals surface area contributed by atoms with E-state index in [0.29, 0.717) is 5.69 Å². The number of ether oxygens (including phenoxy) is 1. The van der Waals surface area contributed by atoms with Crippen LogP contribution in [0.15, 0.2) is 53.9 Å². The minimum absolute atomic E-state index is 0.0430. The van der Waals surface area contributed by atoms with Crippen molar-refractivity contribution in [3.05, 3.63) is 65.2 Å². The smallest absolute Gasteiger partial charge is 0.267 e. The van der Waals surface area contributed by atoms with Crippen molar-refractivity contribution in [3.63, 3.8) is 0 Å². The normalized spacial score (nSPS) is 12.4. The van der Waals surface area contributed by atoms with Crippen LogP contribution in [0, 0.1) is 0 Å². The number of aromatic amines is 1. The predicted octanol–water partition coefficient (Wildman–Crippen LogP) is 4.75. The summed E-state index contributed by atoms with van der Waals surface area (Å²) in [6, 6.07) is 16.0. The standard InChI is InChI=1S/C21H20N2O2S/c1-13(9-15-12-26-20-6-4-3-5-17(15)20)22-21(24)19-10-14-7-8-16(25-2)11-18(14)23-19/h3-8,10-13,23H,9H2,1-2H3,(H,22,24). The molecule has 0 spiro atoms. The first kappa shape index (κ1) is 16.7. The fourth-order valence-electron chi connectivity index (χ4n) is 3.23. The summed E-state index contributed by atoms with van der Waals surface area (Å²) in [4.78, 5) is 15.8. The third-order valence-corrected chi connectivity index (χ3v) is 5.55. The average molecular weight is 364 g/mol. The molecule has 2 N–H and O–H groups in total. The van der Waals surface area contributed by atoms with E-state index in [9.17, 15) is 4.79 Å². The van der Waals surface area contributed by atoms with Gasteiger partial charge in [0, 0.05) is 27.7 Å². The number of rotatable bonds is 5. The number of amides is 1. The number of methoxy groups -OCH3 is 1. The van der Waals surface area contributed by atoms with Gasteiger partial charge in [-0.15, -0.1) is 11.3 Å². The Kier molecular flexibility index (Phi) is 4.39. The van der Waals surface area contributed by atoms with Gasteiger partial charge in [-0.1, -0.05) is 18.2 Å². The molecule has 0 aliphatic heterocycles. The number of hydrogen-bond acceptors (Lipinski definition) is 3. The van der Waals surface area contributed by atoms with Gasteiger partial charge < -0.3 is 15.0 Å². The Labute approximate surface area is 155 Å². The molecule has 2 aromatic heterocycles. The van der Waals surface area contributed by atoms with Crippen molar-refractivity contribution in [2.75, 3.05) is 7.11 Å². The van der Waals surface area contributed by atoms with Gasteiger partial charge in [-0.25, -0.2) is 0 Å². The van der Waals surface area contributed by atoms with E-state index in [4.69, 9.17) is 4.74 Å². The van der Waals surface area contributed by atoms with Gasteiger partial charge in [0.2, 0.25) is 0 Å². The van der Waals surface area contributed by atoms with E-state index >= 15 is 0 Å². The maximum atomic E-state index is 12.6. The molecule has 4 aromatic rings. The molecule has 0 aliphatic carbocycles. The van der Waals surface area contributed by atoms with Crippen LogP contribution in [0.25, 0.3) is 21.0 Å². The number of hydrogen-bond donors (Lipinski definition) is 2. The van der Waals surface area contributed by atoms with E-state index in [1.54, 1.807) is 18.4 Å². The molecule has 4 nitrogen and oxygen atoms in total. The molecule has 1 unspecified atom stereocenters. The number of aromatic nitrogens is 1. The van der Waals surface area contributed by atoms with Gasteiger partial charge in [0.1, 0.15) is 11.4 Å². The zero-order valence-corrected chi connectivity index (χ0v) is 15.5.